The van der Waals surface area contributed by atoms with Gasteiger partial charge in [0.05, 0.1) is 0 Å². The number of carbonyl (C=O) groups excluding carboxylic acids is 1. The average Bonchev–Trinajstić information content (AvgIpc) is 2.09. The average molecular weight is 193 g/mol. The molecule has 1 aromatic carbocycles. The number of nitrogens with zero attached hydrogens (tertiary/aromatic N) is 1. The highest BCUT2D eigenvalue weighted by molar-refractivity contribution is 5.91. The lowest BCUT2D eigenvalue weighted by Crippen LogP contribution is -2.35. The van der Waals surface area contributed by atoms with Crippen molar-refractivity contribution in [1.82, 2.24) is 0 Å². The molecule has 0 radical (unpaired) electrons. The summed E-state index contributed by atoms with van der Waals surface area (Å²) in [6, 6.07) is 4.94. The Labute approximate surface area is 83.5 Å². The molecule has 1 aromatic rings. The monoisotopic (exact) mass is 193 g/mol. The second-order valence-corrected chi connectivity index (χ2v) is 3.13. The third-order valence-electron chi connectivity index (χ3n) is 2.09. The highest BCUT2D eigenvalue weighted by Crippen LogP contribution is 2.21. The van der Waals surface area contributed by atoms with E-state index in [2.05, 4.69) is 0 Å². The predicted octanol–water partition coefficient (Wildman–Crippen LogP) is 1.48. The van der Waals surface area contributed by atoms with Gasteiger partial charge in [-0.15, -0.1) is 0 Å². The molecule has 0 saturated carbocycles. The summed E-state index contributed by atoms with van der Waals surface area (Å²) in [6.45, 7) is 4.33. The van der Waals surface area contributed by atoms with Gasteiger partial charge in [0.1, 0.15) is 0 Å². The molecule has 0 aromatic heterocycles. The fraction of sp³-hybridized carbons (Fsp3) is 0.300. The maximum absolute atomic E-state index is 11.1. The molecule has 4 heteroatoms. The Morgan fingerprint density at radius 1 is 1.50 bits per heavy atom. The van der Waals surface area contributed by atoms with Crippen LogP contribution in [0.2, 0.25) is 0 Å². The van der Waals surface area contributed by atoms with Gasteiger partial charge >= 0.3 is 6.03 Å². The molecule has 0 aliphatic carbocycles. The van der Waals surface area contributed by atoms with Crippen LogP contribution in [-0.2, 0) is 0 Å². The fourth-order valence-corrected chi connectivity index (χ4v) is 1.43. The minimum atomic E-state index is -0.444. The van der Waals surface area contributed by atoms with E-state index in [1.807, 2.05) is 19.9 Å². The Bertz CT molecular complexity index is 349. The second-order valence-electron chi connectivity index (χ2n) is 3.13. The number of benzene rings is 1. The quantitative estimate of drug-likeness (QED) is 0.698. The van der Waals surface area contributed by atoms with Gasteiger partial charge in [-0.25, -0.2) is 4.79 Å². The molecular weight excluding hydrogens is 178 g/mol. The molecule has 4 N–H and O–H groups in total. The van der Waals surface area contributed by atoms with Gasteiger partial charge in [-0.3, -0.25) is 4.90 Å². The summed E-state index contributed by atoms with van der Waals surface area (Å²) in [5.74, 6) is 0. The van der Waals surface area contributed by atoms with E-state index in [9.17, 15) is 4.79 Å². The predicted molar refractivity (Wildman–Crippen MR) is 58.2 cm³/mol. The first-order chi connectivity index (χ1) is 6.56. The molecule has 2 amide bonds. The number of amides is 2. The molecule has 0 atom stereocenters. The largest absolute Gasteiger partial charge is 0.399 e. The van der Waals surface area contributed by atoms with E-state index in [0.717, 1.165) is 11.3 Å². The van der Waals surface area contributed by atoms with E-state index >= 15 is 0 Å². The number of hydrogen-bond donors (Lipinski definition) is 2. The summed E-state index contributed by atoms with van der Waals surface area (Å²) in [4.78, 5) is 12.6. The number of carbonyl (C=O) groups is 1. The van der Waals surface area contributed by atoms with Crippen molar-refractivity contribution in [2.45, 2.75) is 13.8 Å². The molecule has 0 bridgehead atoms. The van der Waals surface area contributed by atoms with Crippen LogP contribution in [0.3, 0.4) is 0 Å². The molecule has 0 aliphatic heterocycles. The van der Waals surface area contributed by atoms with Crippen LogP contribution >= 0.6 is 0 Å². The fourth-order valence-electron chi connectivity index (χ4n) is 1.43. The standard InChI is InChI=1S/C10H15N3O/c1-3-13(10(12)14)9-5-4-8(11)6-7(9)2/h4-6H,3,11H2,1-2H3,(H2,12,14). The number of primary amides is 1. The van der Waals surface area contributed by atoms with E-state index < -0.39 is 6.03 Å². The Hall–Kier alpha value is -1.71. The van der Waals surface area contributed by atoms with E-state index in [0.29, 0.717) is 12.2 Å². The van der Waals surface area contributed by atoms with Crippen LogP contribution in [-0.4, -0.2) is 12.6 Å². The lowest BCUT2D eigenvalue weighted by molar-refractivity contribution is 0.254. The Morgan fingerprint density at radius 2 is 2.14 bits per heavy atom. The summed E-state index contributed by atoms with van der Waals surface area (Å²) in [7, 11) is 0. The molecule has 0 unspecified atom stereocenters. The van der Waals surface area contributed by atoms with Crippen molar-refractivity contribution >= 4 is 17.4 Å². The normalized spacial score (nSPS) is 9.86. The minimum absolute atomic E-state index is 0.444. The van der Waals surface area contributed by atoms with Crippen LogP contribution in [0.5, 0.6) is 0 Å². The first-order valence-electron chi connectivity index (χ1n) is 4.49. The van der Waals surface area contributed by atoms with E-state index in [-0.39, 0.29) is 0 Å². The number of hydrogen-bond acceptors (Lipinski definition) is 2. The molecule has 14 heavy (non-hydrogen) atoms. The first kappa shape index (κ1) is 10.4. The van der Waals surface area contributed by atoms with Gasteiger partial charge in [-0.2, -0.15) is 0 Å². The molecule has 0 heterocycles. The zero-order valence-corrected chi connectivity index (χ0v) is 8.45. The zero-order valence-electron chi connectivity index (χ0n) is 8.45. The number of anilines is 2. The van der Waals surface area contributed by atoms with Gasteiger partial charge in [0.2, 0.25) is 0 Å². The molecule has 0 saturated heterocycles. The van der Waals surface area contributed by atoms with Gasteiger partial charge < -0.3 is 11.5 Å². The highest BCUT2D eigenvalue weighted by Gasteiger charge is 2.11. The molecule has 4 nitrogen and oxygen atoms in total. The lowest BCUT2D eigenvalue weighted by atomic mass is 10.1. The molecule has 0 aliphatic rings. The van der Waals surface area contributed by atoms with Crippen molar-refractivity contribution < 1.29 is 4.79 Å². The second kappa shape index (κ2) is 4.00. The van der Waals surface area contributed by atoms with Gasteiger partial charge in [0.15, 0.2) is 0 Å². The van der Waals surface area contributed by atoms with Gasteiger partial charge in [-0.1, -0.05) is 0 Å². The molecule has 0 spiro atoms. The topological polar surface area (TPSA) is 72.3 Å². The number of nitrogen functional groups attached to an aromatic ring is 1. The maximum atomic E-state index is 11.1. The van der Waals surface area contributed by atoms with Crippen LogP contribution in [0.15, 0.2) is 18.2 Å². The van der Waals surface area contributed by atoms with Crippen molar-refractivity contribution in [3.8, 4) is 0 Å². The molecule has 1 rings (SSSR count). The summed E-state index contributed by atoms with van der Waals surface area (Å²) >= 11 is 0. The third-order valence-corrected chi connectivity index (χ3v) is 2.09. The van der Waals surface area contributed by atoms with Crippen LogP contribution < -0.4 is 16.4 Å². The summed E-state index contributed by atoms with van der Waals surface area (Å²) in [5.41, 5.74) is 13.3. The number of rotatable bonds is 2. The van der Waals surface area contributed by atoms with Crippen molar-refractivity contribution in [2.75, 3.05) is 17.2 Å². The minimum Gasteiger partial charge on any atom is -0.399 e. The molecule has 76 valence electrons. The molecule has 0 fully saturated rings. The third kappa shape index (κ3) is 1.96. The highest BCUT2D eigenvalue weighted by atomic mass is 16.2. The van der Waals surface area contributed by atoms with Crippen LogP contribution in [0.25, 0.3) is 0 Å². The summed E-state index contributed by atoms with van der Waals surface area (Å²) in [5, 5.41) is 0. The smallest absolute Gasteiger partial charge is 0.319 e. The number of nitrogens with two attached hydrogens (primary N) is 2. The van der Waals surface area contributed by atoms with Crippen LogP contribution in [0.1, 0.15) is 12.5 Å². The zero-order chi connectivity index (χ0) is 10.7. The first-order valence-corrected chi connectivity index (χ1v) is 4.49. The maximum Gasteiger partial charge on any atom is 0.319 e. The molecular formula is C10H15N3O. The SMILES string of the molecule is CCN(C(N)=O)c1ccc(N)cc1C. The van der Waals surface area contributed by atoms with Crippen molar-refractivity contribution in [3.05, 3.63) is 23.8 Å². The Kier molecular flexibility index (Phi) is 2.96. The lowest BCUT2D eigenvalue weighted by Gasteiger charge is -2.20. The summed E-state index contributed by atoms with van der Waals surface area (Å²) in [6.07, 6.45) is 0. The van der Waals surface area contributed by atoms with Crippen molar-refractivity contribution in [3.63, 3.8) is 0 Å². The Balaban J connectivity index is 3.10. The number of aryl methyl sites for hydroxylation is 1. The van der Waals surface area contributed by atoms with Gasteiger partial charge in [0, 0.05) is 17.9 Å². The van der Waals surface area contributed by atoms with Crippen molar-refractivity contribution in [1.29, 1.82) is 0 Å². The van der Waals surface area contributed by atoms with E-state index in [4.69, 9.17) is 11.5 Å². The van der Waals surface area contributed by atoms with Crippen LogP contribution in [0, 0.1) is 6.92 Å². The van der Waals surface area contributed by atoms with Crippen molar-refractivity contribution in [2.24, 2.45) is 5.73 Å². The van der Waals surface area contributed by atoms with E-state index in [1.165, 1.54) is 4.90 Å². The summed E-state index contributed by atoms with van der Waals surface area (Å²) < 4.78 is 0. The van der Waals surface area contributed by atoms with Crippen LogP contribution in [0.4, 0.5) is 16.2 Å². The Morgan fingerprint density at radius 3 is 2.57 bits per heavy atom. The van der Waals surface area contributed by atoms with E-state index in [1.54, 1.807) is 12.1 Å². The van der Waals surface area contributed by atoms with Gasteiger partial charge in [-0.05, 0) is 37.6 Å². The number of urea groups is 1. The van der Waals surface area contributed by atoms with Gasteiger partial charge in [0.25, 0.3) is 0 Å².